The van der Waals surface area contributed by atoms with Gasteiger partial charge < -0.3 is 5.32 Å². The summed E-state index contributed by atoms with van der Waals surface area (Å²) in [4.78, 5) is 16.6. The Morgan fingerprint density at radius 2 is 2.24 bits per heavy atom. The van der Waals surface area contributed by atoms with Crippen molar-refractivity contribution in [2.75, 3.05) is 11.9 Å². The highest BCUT2D eigenvalue weighted by Gasteiger charge is 2.24. The molecule has 0 spiro atoms. The molecule has 0 bridgehead atoms. The summed E-state index contributed by atoms with van der Waals surface area (Å²) in [5, 5.41) is 7.54. The van der Waals surface area contributed by atoms with Crippen molar-refractivity contribution in [3.63, 3.8) is 0 Å². The molecule has 21 heavy (non-hydrogen) atoms. The number of carbonyl (C=O) groups is 1. The number of nitrogens with one attached hydrogen (secondary N) is 1. The molecule has 0 saturated heterocycles. The van der Waals surface area contributed by atoms with Gasteiger partial charge in [0.2, 0.25) is 0 Å². The lowest BCUT2D eigenvalue weighted by atomic mass is 9.95. The molecule has 1 aromatic heterocycles. The summed E-state index contributed by atoms with van der Waals surface area (Å²) in [5.41, 5.74) is 2.40. The van der Waals surface area contributed by atoms with Gasteiger partial charge in [-0.15, -0.1) is 0 Å². The summed E-state index contributed by atoms with van der Waals surface area (Å²) in [7, 11) is 0. The van der Waals surface area contributed by atoms with E-state index in [0.717, 1.165) is 18.1 Å². The quantitative estimate of drug-likeness (QED) is 0.916. The number of aromatic nitrogens is 3. The van der Waals surface area contributed by atoms with Crippen LogP contribution in [0.3, 0.4) is 0 Å². The molecular weight excluding hydrogens is 264 g/mol. The molecule has 110 valence electrons. The van der Waals surface area contributed by atoms with Crippen LogP contribution < -0.4 is 5.32 Å². The van der Waals surface area contributed by atoms with Crippen molar-refractivity contribution in [1.82, 2.24) is 14.8 Å². The number of ketones is 1. The second-order valence-corrected chi connectivity index (χ2v) is 5.80. The maximum Gasteiger partial charge on any atom is 0.141 e. The third-order valence-corrected chi connectivity index (χ3v) is 3.91. The minimum absolute atomic E-state index is 0.216. The van der Waals surface area contributed by atoms with E-state index in [-0.39, 0.29) is 17.7 Å². The van der Waals surface area contributed by atoms with Crippen LogP contribution in [0.15, 0.2) is 30.6 Å². The molecule has 5 nitrogen and oxygen atoms in total. The van der Waals surface area contributed by atoms with Crippen LogP contribution in [0.25, 0.3) is 0 Å². The molecule has 0 aliphatic carbocycles. The van der Waals surface area contributed by atoms with Gasteiger partial charge in [0.1, 0.15) is 17.9 Å². The number of rotatable bonds is 5. The van der Waals surface area contributed by atoms with E-state index in [4.69, 9.17) is 0 Å². The largest absolute Gasteiger partial charge is 0.384 e. The van der Waals surface area contributed by atoms with Crippen molar-refractivity contribution in [3.8, 4) is 0 Å². The third kappa shape index (κ3) is 2.82. The summed E-state index contributed by atoms with van der Waals surface area (Å²) >= 11 is 0. The Labute approximate surface area is 124 Å². The molecule has 0 radical (unpaired) electrons. The second kappa shape index (κ2) is 5.68. The van der Waals surface area contributed by atoms with Crippen molar-refractivity contribution >= 4 is 11.5 Å². The molecule has 2 heterocycles. The van der Waals surface area contributed by atoms with Gasteiger partial charge in [0.25, 0.3) is 0 Å². The van der Waals surface area contributed by atoms with Crippen LogP contribution in [-0.2, 0) is 11.2 Å². The number of hydrogen-bond acceptors (Lipinski definition) is 4. The molecule has 1 N–H and O–H groups in total. The number of benzene rings is 1. The van der Waals surface area contributed by atoms with Gasteiger partial charge in [-0.05, 0) is 25.5 Å². The number of nitrogens with zero attached hydrogens (tertiary/aromatic N) is 3. The Hall–Kier alpha value is -2.17. The molecule has 2 aromatic rings. The van der Waals surface area contributed by atoms with E-state index >= 15 is 0 Å². The lowest BCUT2D eigenvalue weighted by molar-refractivity contribution is -0.118. The van der Waals surface area contributed by atoms with E-state index in [9.17, 15) is 4.79 Å². The molecule has 1 atom stereocenters. The molecule has 0 fully saturated rings. The van der Waals surface area contributed by atoms with Crippen molar-refractivity contribution < 1.29 is 4.79 Å². The van der Waals surface area contributed by atoms with Crippen LogP contribution in [0.1, 0.15) is 43.6 Å². The molecule has 0 amide bonds. The SMILES string of the molecule is CC(C)n1ncnc1CC(=O)CC1CNc2ccccc21. The van der Waals surface area contributed by atoms with Gasteiger partial charge in [0.05, 0.1) is 6.42 Å². The number of fused-ring (bicyclic) bond motifs is 1. The highest BCUT2D eigenvalue weighted by Crippen LogP contribution is 2.33. The first-order chi connectivity index (χ1) is 10.1. The predicted octanol–water partition coefficient (Wildman–Crippen LogP) is 2.57. The molecule has 3 rings (SSSR count). The highest BCUT2D eigenvalue weighted by molar-refractivity contribution is 5.81. The summed E-state index contributed by atoms with van der Waals surface area (Å²) in [6, 6.07) is 8.43. The van der Waals surface area contributed by atoms with Crippen molar-refractivity contribution in [2.24, 2.45) is 0 Å². The normalized spacial score (nSPS) is 16.8. The first-order valence-corrected chi connectivity index (χ1v) is 7.38. The first-order valence-electron chi connectivity index (χ1n) is 7.38. The maximum atomic E-state index is 12.3. The Bertz CT molecular complexity index is 647. The number of hydrogen-bond donors (Lipinski definition) is 1. The number of para-hydroxylation sites is 1. The molecular formula is C16H20N4O. The number of Topliss-reactive ketones (excluding diaryl/α,β-unsaturated/α-hetero) is 1. The smallest absolute Gasteiger partial charge is 0.141 e. The van der Waals surface area contributed by atoms with Gasteiger partial charge in [0.15, 0.2) is 0 Å². The average molecular weight is 284 g/mol. The minimum Gasteiger partial charge on any atom is -0.384 e. The molecule has 1 aliphatic rings. The summed E-state index contributed by atoms with van der Waals surface area (Å²) in [6.45, 7) is 4.92. The molecule has 5 heteroatoms. The zero-order chi connectivity index (χ0) is 14.8. The van der Waals surface area contributed by atoms with Gasteiger partial charge >= 0.3 is 0 Å². The van der Waals surface area contributed by atoms with E-state index in [1.165, 1.54) is 11.9 Å². The standard InChI is InChI=1S/C16H20N4O/c1-11(2)20-16(18-10-19-20)8-13(21)7-12-9-17-15-6-4-3-5-14(12)15/h3-6,10-12,17H,7-9H2,1-2H3. The van der Waals surface area contributed by atoms with Gasteiger partial charge in [-0.3, -0.25) is 4.79 Å². The van der Waals surface area contributed by atoms with E-state index in [1.54, 1.807) is 0 Å². The van der Waals surface area contributed by atoms with Gasteiger partial charge in [-0.1, -0.05) is 18.2 Å². The maximum absolute atomic E-state index is 12.3. The molecule has 1 aliphatic heterocycles. The van der Waals surface area contributed by atoms with Crippen LogP contribution in [0, 0.1) is 0 Å². The summed E-state index contributed by atoms with van der Waals surface area (Å²) in [5.74, 6) is 1.24. The average Bonchev–Trinajstić information content (AvgIpc) is 3.06. The fourth-order valence-corrected chi connectivity index (χ4v) is 2.89. The van der Waals surface area contributed by atoms with Crippen LogP contribution in [0.2, 0.25) is 0 Å². The Balaban J connectivity index is 1.67. The lowest BCUT2D eigenvalue weighted by Crippen LogP contribution is -2.15. The Kier molecular flexibility index (Phi) is 3.73. The lowest BCUT2D eigenvalue weighted by Gasteiger charge is -2.11. The molecule has 1 unspecified atom stereocenters. The van der Waals surface area contributed by atoms with Crippen LogP contribution >= 0.6 is 0 Å². The summed E-state index contributed by atoms with van der Waals surface area (Å²) < 4.78 is 1.82. The van der Waals surface area contributed by atoms with Crippen LogP contribution in [-0.4, -0.2) is 27.1 Å². The Morgan fingerprint density at radius 1 is 1.43 bits per heavy atom. The van der Waals surface area contributed by atoms with E-state index < -0.39 is 0 Å². The molecule has 0 saturated carbocycles. The minimum atomic E-state index is 0.216. The number of anilines is 1. The Morgan fingerprint density at radius 3 is 3.05 bits per heavy atom. The van der Waals surface area contributed by atoms with Crippen molar-refractivity contribution in [2.45, 2.75) is 38.6 Å². The van der Waals surface area contributed by atoms with Crippen LogP contribution in [0.4, 0.5) is 5.69 Å². The zero-order valence-corrected chi connectivity index (χ0v) is 12.4. The van der Waals surface area contributed by atoms with E-state index in [0.29, 0.717) is 12.8 Å². The zero-order valence-electron chi connectivity index (χ0n) is 12.4. The van der Waals surface area contributed by atoms with Crippen molar-refractivity contribution in [1.29, 1.82) is 0 Å². The topological polar surface area (TPSA) is 59.8 Å². The highest BCUT2D eigenvalue weighted by atomic mass is 16.1. The van der Waals surface area contributed by atoms with Gasteiger partial charge in [-0.25, -0.2) is 9.67 Å². The van der Waals surface area contributed by atoms with Crippen molar-refractivity contribution in [3.05, 3.63) is 42.0 Å². The second-order valence-electron chi connectivity index (χ2n) is 5.80. The number of carbonyl (C=O) groups excluding carboxylic acids is 1. The summed E-state index contributed by atoms with van der Waals surface area (Å²) in [6.07, 6.45) is 2.43. The van der Waals surface area contributed by atoms with E-state index in [2.05, 4.69) is 27.5 Å². The third-order valence-electron chi connectivity index (χ3n) is 3.91. The van der Waals surface area contributed by atoms with Gasteiger partial charge in [-0.2, -0.15) is 5.10 Å². The van der Waals surface area contributed by atoms with E-state index in [1.807, 2.05) is 30.7 Å². The van der Waals surface area contributed by atoms with Crippen LogP contribution in [0.5, 0.6) is 0 Å². The molecule has 1 aromatic carbocycles. The predicted molar refractivity (Wildman–Crippen MR) is 81.4 cm³/mol. The first kappa shape index (κ1) is 13.8. The fraction of sp³-hybridized carbons (Fsp3) is 0.438. The fourth-order valence-electron chi connectivity index (χ4n) is 2.89. The monoisotopic (exact) mass is 284 g/mol. The van der Waals surface area contributed by atoms with Gasteiger partial charge in [0, 0.05) is 30.6 Å².